The molecule has 0 spiro atoms. The molecule has 0 unspecified atom stereocenters. The molecule has 0 bridgehead atoms. The summed E-state index contributed by atoms with van der Waals surface area (Å²) in [6, 6.07) is 5.49. The van der Waals surface area contributed by atoms with Gasteiger partial charge in [-0.15, -0.1) is 0 Å². The van der Waals surface area contributed by atoms with Crippen LogP contribution in [0.15, 0.2) is 18.2 Å². The zero-order valence-corrected chi connectivity index (χ0v) is 9.09. The van der Waals surface area contributed by atoms with Crippen LogP contribution in [-0.2, 0) is 0 Å². The lowest BCUT2D eigenvalue weighted by molar-refractivity contribution is 0.0843. The highest BCUT2D eigenvalue weighted by molar-refractivity contribution is 5.29. The van der Waals surface area contributed by atoms with E-state index in [1.54, 1.807) is 12.1 Å². The first-order chi connectivity index (χ1) is 7.19. The molecule has 0 amide bonds. The Morgan fingerprint density at radius 2 is 2.13 bits per heavy atom. The van der Waals surface area contributed by atoms with Gasteiger partial charge in [0.2, 0.25) is 0 Å². The van der Waals surface area contributed by atoms with Crippen molar-refractivity contribution >= 4 is 0 Å². The van der Waals surface area contributed by atoms with Crippen molar-refractivity contribution in [2.24, 2.45) is 0 Å². The van der Waals surface area contributed by atoms with Crippen molar-refractivity contribution in [3.05, 3.63) is 29.6 Å². The van der Waals surface area contributed by atoms with Crippen LogP contribution in [0.3, 0.4) is 0 Å². The molecule has 15 heavy (non-hydrogen) atoms. The van der Waals surface area contributed by atoms with Crippen LogP contribution in [-0.4, -0.2) is 19.2 Å². The highest BCUT2D eigenvalue weighted by Crippen LogP contribution is 2.27. The molecule has 0 aliphatic heterocycles. The lowest BCUT2D eigenvalue weighted by Crippen LogP contribution is -2.45. The van der Waals surface area contributed by atoms with Gasteiger partial charge in [0.25, 0.3) is 0 Å². The van der Waals surface area contributed by atoms with Gasteiger partial charge in [-0.05, 0) is 44.5 Å². The van der Waals surface area contributed by atoms with Crippen LogP contribution in [0, 0.1) is 12.7 Å². The van der Waals surface area contributed by atoms with Crippen molar-refractivity contribution in [1.29, 1.82) is 0 Å². The van der Waals surface area contributed by atoms with Gasteiger partial charge >= 0.3 is 0 Å². The third-order valence-electron chi connectivity index (χ3n) is 2.88. The Morgan fingerprint density at radius 3 is 2.80 bits per heavy atom. The maximum Gasteiger partial charge on any atom is 0.165 e. The summed E-state index contributed by atoms with van der Waals surface area (Å²) in [4.78, 5) is 0. The minimum Gasteiger partial charge on any atom is -0.487 e. The van der Waals surface area contributed by atoms with Gasteiger partial charge in [-0.25, -0.2) is 4.39 Å². The largest absolute Gasteiger partial charge is 0.487 e. The van der Waals surface area contributed by atoms with Crippen LogP contribution >= 0.6 is 0 Å². The summed E-state index contributed by atoms with van der Waals surface area (Å²) in [7, 11) is 1.94. The quantitative estimate of drug-likeness (QED) is 0.824. The third-order valence-corrected chi connectivity index (χ3v) is 2.88. The zero-order chi connectivity index (χ0) is 10.8. The molecule has 1 N–H and O–H groups in total. The molecular formula is C12H16FNO. The summed E-state index contributed by atoms with van der Waals surface area (Å²) in [6.07, 6.45) is 2.09. The fourth-order valence-electron chi connectivity index (χ4n) is 1.78. The van der Waals surface area contributed by atoms with E-state index in [0.29, 0.717) is 11.8 Å². The van der Waals surface area contributed by atoms with Gasteiger partial charge < -0.3 is 10.1 Å². The highest BCUT2D eigenvalue weighted by atomic mass is 19.1. The number of nitrogens with one attached hydrogen (secondary N) is 1. The molecule has 0 saturated heterocycles. The molecule has 2 nitrogen and oxygen atoms in total. The number of hydrogen-bond donors (Lipinski definition) is 1. The van der Waals surface area contributed by atoms with Crippen LogP contribution in [0.5, 0.6) is 5.75 Å². The molecule has 0 heterocycles. The fraction of sp³-hybridized carbons (Fsp3) is 0.500. The van der Waals surface area contributed by atoms with Crippen molar-refractivity contribution in [2.45, 2.75) is 31.9 Å². The minimum atomic E-state index is -0.270. The maximum atomic E-state index is 13.3. The second-order valence-corrected chi connectivity index (χ2v) is 4.13. The molecule has 82 valence electrons. The average molecular weight is 209 g/mol. The Bertz CT molecular complexity index is 347. The van der Waals surface area contributed by atoms with Crippen LogP contribution in [0.4, 0.5) is 4.39 Å². The van der Waals surface area contributed by atoms with E-state index >= 15 is 0 Å². The van der Waals surface area contributed by atoms with Gasteiger partial charge in [0.15, 0.2) is 11.6 Å². The Morgan fingerprint density at radius 1 is 1.40 bits per heavy atom. The second kappa shape index (κ2) is 4.19. The van der Waals surface area contributed by atoms with Crippen LogP contribution < -0.4 is 10.1 Å². The monoisotopic (exact) mass is 209 g/mol. The van der Waals surface area contributed by atoms with Gasteiger partial charge in [0.1, 0.15) is 6.10 Å². The summed E-state index contributed by atoms with van der Waals surface area (Å²) >= 11 is 0. The van der Waals surface area contributed by atoms with E-state index in [-0.39, 0.29) is 11.9 Å². The van der Waals surface area contributed by atoms with Gasteiger partial charge in [-0.1, -0.05) is 6.07 Å². The smallest absolute Gasteiger partial charge is 0.165 e. The normalized spacial score (nSPS) is 24.7. The van der Waals surface area contributed by atoms with E-state index in [9.17, 15) is 4.39 Å². The SMILES string of the molecule is CNC1CC(Oc2cc(C)ccc2F)C1. The van der Waals surface area contributed by atoms with E-state index in [1.807, 2.05) is 14.0 Å². The predicted molar refractivity (Wildman–Crippen MR) is 57.6 cm³/mol. The van der Waals surface area contributed by atoms with Crippen molar-refractivity contribution in [2.75, 3.05) is 7.05 Å². The van der Waals surface area contributed by atoms with Crippen molar-refractivity contribution in [3.63, 3.8) is 0 Å². The van der Waals surface area contributed by atoms with E-state index < -0.39 is 0 Å². The van der Waals surface area contributed by atoms with Crippen LogP contribution in [0.1, 0.15) is 18.4 Å². The Labute approximate surface area is 89.4 Å². The number of aryl methyl sites for hydroxylation is 1. The van der Waals surface area contributed by atoms with Gasteiger partial charge in [0.05, 0.1) is 0 Å². The molecule has 1 aliphatic rings. The molecule has 0 radical (unpaired) electrons. The number of rotatable bonds is 3. The fourth-order valence-corrected chi connectivity index (χ4v) is 1.78. The molecule has 1 saturated carbocycles. The molecule has 1 aliphatic carbocycles. The Hall–Kier alpha value is -1.09. The minimum absolute atomic E-state index is 0.166. The van der Waals surface area contributed by atoms with Crippen molar-refractivity contribution in [1.82, 2.24) is 5.32 Å². The summed E-state index contributed by atoms with van der Waals surface area (Å²) in [5.41, 5.74) is 1.02. The average Bonchev–Trinajstić information content (AvgIpc) is 2.16. The van der Waals surface area contributed by atoms with Gasteiger partial charge in [-0.3, -0.25) is 0 Å². The number of benzene rings is 1. The highest BCUT2D eigenvalue weighted by Gasteiger charge is 2.29. The summed E-state index contributed by atoms with van der Waals surface area (Å²) < 4.78 is 18.9. The lowest BCUT2D eigenvalue weighted by atomic mass is 9.89. The standard InChI is InChI=1S/C12H16FNO/c1-8-3-4-11(13)12(5-8)15-10-6-9(7-10)14-2/h3-5,9-10,14H,6-7H2,1-2H3. The lowest BCUT2D eigenvalue weighted by Gasteiger charge is -2.35. The maximum absolute atomic E-state index is 13.3. The number of hydrogen-bond acceptors (Lipinski definition) is 2. The predicted octanol–water partition coefficient (Wildman–Crippen LogP) is 2.26. The van der Waals surface area contributed by atoms with Crippen LogP contribution in [0.25, 0.3) is 0 Å². The summed E-state index contributed by atoms with van der Waals surface area (Å²) in [5.74, 6) is 0.114. The molecule has 0 atom stereocenters. The van der Waals surface area contributed by atoms with E-state index in [0.717, 1.165) is 18.4 Å². The van der Waals surface area contributed by atoms with E-state index in [4.69, 9.17) is 4.74 Å². The van der Waals surface area contributed by atoms with Gasteiger partial charge in [0, 0.05) is 6.04 Å². The van der Waals surface area contributed by atoms with Gasteiger partial charge in [-0.2, -0.15) is 0 Å². The second-order valence-electron chi connectivity index (χ2n) is 4.13. The molecule has 0 aromatic heterocycles. The molecule has 3 heteroatoms. The van der Waals surface area contributed by atoms with E-state index in [1.165, 1.54) is 6.07 Å². The zero-order valence-electron chi connectivity index (χ0n) is 9.09. The molecule has 1 fully saturated rings. The van der Waals surface area contributed by atoms with E-state index in [2.05, 4.69) is 5.32 Å². The van der Waals surface area contributed by atoms with Crippen molar-refractivity contribution in [3.8, 4) is 5.75 Å². The topological polar surface area (TPSA) is 21.3 Å². The first-order valence-electron chi connectivity index (χ1n) is 5.29. The molecular weight excluding hydrogens is 193 g/mol. The Kier molecular flexibility index (Phi) is 2.91. The van der Waals surface area contributed by atoms with Crippen LogP contribution in [0.2, 0.25) is 0 Å². The first kappa shape index (κ1) is 10.4. The third kappa shape index (κ3) is 2.29. The molecule has 1 aromatic carbocycles. The summed E-state index contributed by atoms with van der Waals surface area (Å²) in [5, 5.41) is 3.17. The molecule has 1 aromatic rings. The first-order valence-corrected chi connectivity index (χ1v) is 5.29. The number of halogens is 1. The summed E-state index contributed by atoms with van der Waals surface area (Å²) in [6.45, 7) is 1.93. The van der Waals surface area contributed by atoms with Crippen molar-refractivity contribution < 1.29 is 9.13 Å². The number of ether oxygens (including phenoxy) is 1. The Balaban J connectivity index is 1.97. The molecule has 2 rings (SSSR count).